The molecule has 0 aliphatic carbocycles. The number of fused-ring (bicyclic) bond motifs is 1. The number of aromatic hydroxyl groups is 1. The van der Waals surface area contributed by atoms with E-state index in [1.54, 1.807) is 24.3 Å². The van der Waals surface area contributed by atoms with Gasteiger partial charge in [-0.25, -0.2) is 0 Å². The second kappa shape index (κ2) is 5.59. The summed E-state index contributed by atoms with van der Waals surface area (Å²) in [6.07, 6.45) is 1.40. The Labute approximate surface area is 134 Å². The maximum atomic E-state index is 12.7. The Morgan fingerprint density at radius 1 is 1.23 bits per heavy atom. The van der Waals surface area contributed by atoms with Gasteiger partial charge >= 0.3 is 0 Å². The fourth-order valence-electron chi connectivity index (χ4n) is 2.34. The second-order valence-electron chi connectivity index (χ2n) is 5.08. The van der Waals surface area contributed by atoms with Crippen LogP contribution in [-0.2, 0) is 6.61 Å². The summed E-state index contributed by atoms with van der Waals surface area (Å²) in [4.78, 5) is 12.7. The molecule has 112 valence electrons. The summed E-state index contributed by atoms with van der Waals surface area (Å²) in [6.45, 7) is 1.60. The van der Waals surface area contributed by atoms with Gasteiger partial charge in [-0.15, -0.1) is 0 Å². The van der Waals surface area contributed by atoms with Gasteiger partial charge in [0.15, 0.2) is 5.43 Å². The van der Waals surface area contributed by atoms with Crippen LogP contribution in [0.4, 0.5) is 0 Å². The third-order valence-corrected chi connectivity index (χ3v) is 4.47. The Kier molecular flexibility index (Phi) is 3.76. The molecule has 3 rings (SSSR count). The molecule has 2 N–H and O–H groups in total. The topological polar surface area (TPSA) is 70.7 Å². The first kappa shape index (κ1) is 14.8. The van der Waals surface area contributed by atoms with E-state index in [0.717, 1.165) is 10.0 Å². The number of aliphatic hydroxyl groups excluding tert-OH is 1. The summed E-state index contributed by atoms with van der Waals surface area (Å²) in [5.74, 6) is -0.00352. The van der Waals surface area contributed by atoms with E-state index in [1.807, 2.05) is 6.92 Å². The van der Waals surface area contributed by atoms with Gasteiger partial charge in [0.1, 0.15) is 17.6 Å². The summed E-state index contributed by atoms with van der Waals surface area (Å²) >= 11 is 3.41. The van der Waals surface area contributed by atoms with Crippen LogP contribution in [0.15, 0.2) is 50.3 Å². The summed E-state index contributed by atoms with van der Waals surface area (Å²) in [6, 6.07) is 8.21. The molecule has 0 aliphatic rings. The van der Waals surface area contributed by atoms with Gasteiger partial charge in [0, 0.05) is 10.0 Å². The average molecular weight is 361 g/mol. The molecule has 0 unspecified atom stereocenters. The third kappa shape index (κ3) is 2.42. The normalized spacial score (nSPS) is 11.0. The maximum absolute atomic E-state index is 12.7. The van der Waals surface area contributed by atoms with Crippen molar-refractivity contribution in [2.75, 3.05) is 0 Å². The van der Waals surface area contributed by atoms with Gasteiger partial charge in [0.25, 0.3) is 0 Å². The van der Waals surface area contributed by atoms with Crippen molar-refractivity contribution in [2.45, 2.75) is 13.5 Å². The van der Waals surface area contributed by atoms with E-state index >= 15 is 0 Å². The molecule has 0 saturated carbocycles. The largest absolute Gasteiger partial charge is 0.508 e. The highest BCUT2D eigenvalue weighted by atomic mass is 79.9. The standard InChI is InChI=1S/C17H13BrO4/c1-9-4-12-16(6-14(9)18)22-8-13(17(12)21)10-2-3-15(20)11(5-10)7-19/h2-6,8,19-20H,7H2,1H3. The lowest BCUT2D eigenvalue weighted by Gasteiger charge is -2.07. The summed E-state index contributed by atoms with van der Waals surface area (Å²) in [5, 5.41) is 19.4. The molecule has 0 amide bonds. The van der Waals surface area contributed by atoms with E-state index in [4.69, 9.17) is 4.42 Å². The molecule has 0 aliphatic heterocycles. The molecule has 0 fully saturated rings. The number of halogens is 1. The predicted octanol–water partition coefficient (Wildman–Crippen LogP) is 3.73. The van der Waals surface area contributed by atoms with Crippen molar-refractivity contribution in [3.63, 3.8) is 0 Å². The Hall–Kier alpha value is -2.11. The van der Waals surface area contributed by atoms with E-state index in [9.17, 15) is 15.0 Å². The first-order chi connectivity index (χ1) is 10.5. The summed E-state index contributed by atoms with van der Waals surface area (Å²) in [7, 11) is 0. The van der Waals surface area contributed by atoms with Crippen LogP contribution in [0.5, 0.6) is 5.75 Å². The van der Waals surface area contributed by atoms with Crippen LogP contribution in [0.25, 0.3) is 22.1 Å². The van der Waals surface area contributed by atoms with Gasteiger partial charge in [0.2, 0.25) is 0 Å². The SMILES string of the molecule is Cc1cc2c(=O)c(-c3ccc(O)c(CO)c3)coc2cc1Br. The number of rotatable bonds is 2. The molecule has 0 radical (unpaired) electrons. The van der Waals surface area contributed by atoms with Crippen LogP contribution < -0.4 is 5.43 Å². The first-order valence-corrected chi connectivity index (χ1v) is 7.45. The monoisotopic (exact) mass is 360 g/mol. The van der Waals surface area contributed by atoms with Crippen molar-refractivity contribution in [3.8, 4) is 16.9 Å². The molecule has 4 nitrogen and oxygen atoms in total. The molecule has 22 heavy (non-hydrogen) atoms. The van der Waals surface area contributed by atoms with Crippen LogP contribution in [0.3, 0.4) is 0 Å². The second-order valence-corrected chi connectivity index (χ2v) is 5.93. The quantitative estimate of drug-likeness (QED) is 0.730. The lowest BCUT2D eigenvalue weighted by atomic mass is 10.0. The molecule has 5 heteroatoms. The Balaban J connectivity index is 2.26. The first-order valence-electron chi connectivity index (χ1n) is 6.66. The minimum atomic E-state index is -0.301. The van der Waals surface area contributed by atoms with Crippen LogP contribution in [0, 0.1) is 6.92 Å². The van der Waals surface area contributed by atoms with Gasteiger partial charge in [-0.2, -0.15) is 0 Å². The molecular weight excluding hydrogens is 348 g/mol. The van der Waals surface area contributed by atoms with Gasteiger partial charge in [-0.05, 0) is 42.3 Å². The zero-order chi connectivity index (χ0) is 15.9. The average Bonchev–Trinajstić information content (AvgIpc) is 2.50. The minimum Gasteiger partial charge on any atom is -0.508 e. The maximum Gasteiger partial charge on any atom is 0.200 e. The lowest BCUT2D eigenvalue weighted by Crippen LogP contribution is -2.05. The van der Waals surface area contributed by atoms with Crippen LogP contribution in [0.2, 0.25) is 0 Å². The molecule has 1 aromatic heterocycles. The number of aryl methyl sites for hydroxylation is 1. The molecule has 0 bridgehead atoms. The smallest absolute Gasteiger partial charge is 0.200 e. The zero-order valence-corrected chi connectivity index (χ0v) is 13.3. The third-order valence-electron chi connectivity index (χ3n) is 3.61. The summed E-state index contributed by atoms with van der Waals surface area (Å²) in [5.41, 5.74) is 2.66. The van der Waals surface area contributed by atoms with Gasteiger partial charge in [0.05, 0.1) is 17.6 Å². The predicted molar refractivity (Wildman–Crippen MR) is 87.9 cm³/mol. The number of aliphatic hydroxyl groups is 1. The van der Waals surface area contributed by atoms with Crippen molar-refractivity contribution in [3.05, 3.63) is 62.4 Å². The molecule has 3 aromatic rings. The summed E-state index contributed by atoms with van der Waals surface area (Å²) < 4.78 is 6.44. The molecule has 2 aromatic carbocycles. The number of hydrogen-bond acceptors (Lipinski definition) is 4. The van der Waals surface area contributed by atoms with Crippen molar-refractivity contribution in [2.24, 2.45) is 0 Å². The fraction of sp³-hybridized carbons (Fsp3) is 0.118. The van der Waals surface area contributed by atoms with Crippen molar-refractivity contribution in [1.29, 1.82) is 0 Å². The van der Waals surface area contributed by atoms with Crippen LogP contribution in [0.1, 0.15) is 11.1 Å². The van der Waals surface area contributed by atoms with E-state index in [1.165, 1.54) is 12.3 Å². The van der Waals surface area contributed by atoms with E-state index in [-0.39, 0.29) is 17.8 Å². The van der Waals surface area contributed by atoms with E-state index in [0.29, 0.717) is 27.7 Å². The molecule has 1 heterocycles. The van der Waals surface area contributed by atoms with Gasteiger partial charge in [-0.1, -0.05) is 22.0 Å². The van der Waals surface area contributed by atoms with Gasteiger partial charge < -0.3 is 14.6 Å². The highest BCUT2D eigenvalue weighted by Crippen LogP contribution is 2.27. The molecule has 0 spiro atoms. The van der Waals surface area contributed by atoms with Crippen LogP contribution in [-0.4, -0.2) is 10.2 Å². The van der Waals surface area contributed by atoms with E-state index in [2.05, 4.69) is 15.9 Å². The Morgan fingerprint density at radius 3 is 2.73 bits per heavy atom. The van der Waals surface area contributed by atoms with Crippen molar-refractivity contribution < 1.29 is 14.6 Å². The van der Waals surface area contributed by atoms with Crippen molar-refractivity contribution in [1.82, 2.24) is 0 Å². The van der Waals surface area contributed by atoms with Gasteiger partial charge in [-0.3, -0.25) is 4.79 Å². The number of benzene rings is 2. The molecule has 0 saturated heterocycles. The van der Waals surface area contributed by atoms with Crippen LogP contribution >= 0.6 is 15.9 Å². The lowest BCUT2D eigenvalue weighted by molar-refractivity contribution is 0.275. The minimum absolute atomic E-state index is 0.00352. The Bertz CT molecular complexity index is 928. The zero-order valence-electron chi connectivity index (χ0n) is 11.8. The molecule has 0 atom stereocenters. The fourth-order valence-corrected chi connectivity index (χ4v) is 2.66. The van der Waals surface area contributed by atoms with Crippen molar-refractivity contribution >= 4 is 26.9 Å². The van der Waals surface area contributed by atoms with E-state index < -0.39 is 0 Å². The number of phenols is 1. The highest BCUT2D eigenvalue weighted by Gasteiger charge is 2.12. The Morgan fingerprint density at radius 2 is 2.00 bits per heavy atom. The highest BCUT2D eigenvalue weighted by molar-refractivity contribution is 9.10. The molecular formula is C17H13BrO4. The number of hydrogen-bond donors (Lipinski definition) is 2.